The first-order valence-corrected chi connectivity index (χ1v) is 11.0. The number of anilines is 1. The Morgan fingerprint density at radius 1 is 1.12 bits per heavy atom. The molecule has 3 heterocycles. The van der Waals surface area contributed by atoms with Crippen LogP contribution in [-0.2, 0) is 11.8 Å². The fourth-order valence-electron chi connectivity index (χ4n) is 4.78. The second-order valence-corrected chi connectivity index (χ2v) is 8.47. The zero-order valence-electron chi connectivity index (χ0n) is 18.3. The van der Waals surface area contributed by atoms with Crippen LogP contribution in [0.5, 0.6) is 0 Å². The van der Waals surface area contributed by atoms with Gasteiger partial charge in [0, 0.05) is 83.8 Å². The maximum atomic E-state index is 13.8. The number of fused-ring (bicyclic) bond motifs is 1. The molecule has 0 unspecified atom stereocenters. The Kier molecular flexibility index (Phi) is 5.34. The smallest absolute Gasteiger partial charge is 0.250 e. The van der Waals surface area contributed by atoms with Gasteiger partial charge in [0.05, 0.1) is 5.52 Å². The number of aryl methyl sites for hydroxylation is 1. The van der Waals surface area contributed by atoms with E-state index in [-0.39, 0.29) is 17.3 Å². The lowest BCUT2D eigenvalue weighted by atomic mass is 9.90. The fraction of sp³-hybridized carbons (Fsp3) is 0.231. The quantitative estimate of drug-likeness (QED) is 0.356. The second-order valence-electron chi connectivity index (χ2n) is 8.47. The number of hydrogen-bond acceptors (Lipinski definition) is 4. The van der Waals surface area contributed by atoms with Crippen molar-refractivity contribution in [3.8, 4) is 16.8 Å². The van der Waals surface area contributed by atoms with Gasteiger partial charge in [-0.2, -0.15) is 0 Å². The summed E-state index contributed by atoms with van der Waals surface area (Å²) in [6.07, 6.45) is 4.79. The van der Waals surface area contributed by atoms with Gasteiger partial charge in [0.1, 0.15) is 5.82 Å². The highest BCUT2D eigenvalue weighted by molar-refractivity contribution is 6.04. The predicted molar refractivity (Wildman–Crippen MR) is 129 cm³/mol. The third-order valence-electron chi connectivity index (χ3n) is 6.43. The van der Waals surface area contributed by atoms with Crippen LogP contribution >= 0.6 is 0 Å². The van der Waals surface area contributed by atoms with Crippen LogP contribution in [0.3, 0.4) is 0 Å². The predicted octanol–water partition coefficient (Wildman–Crippen LogP) is 4.61. The minimum atomic E-state index is -0.300. The fourth-order valence-corrected chi connectivity index (χ4v) is 4.78. The maximum Gasteiger partial charge on any atom is 0.250 e. The molecule has 0 radical (unpaired) electrons. The van der Waals surface area contributed by atoms with Gasteiger partial charge in [0.25, 0.3) is 0 Å². The molecular weight excluding hydrogens is 419 g/mol. The first-order valence-electron chi connectivity index (χ1n) is 11.0. The highest BCUT2D eigenvalue weighted by Gasteiger charge is 2.28. The Bertz CT molecular complexity index is 1410. The molecule has 4 aromatic rings. The molecule has 5 rings (SSSR count). The van der Waals surface area contributed by atoms with Crippen molar-refractivity contribution in [3.63, 3.8) is 0 Å². The number of hydrogen-bond donors (Lipinski definition) is 2. The zero-order chi connectivity index (χ0) is 23.1. The molecule has 33 heavy (non-hydrogen) atoms. The number of nitrogen functional groups attached to an aromatic ring is 1. The van der Waals surface area contributed by atoms with Crippen molar-refractivity contribution in [1.29, 1.82) is 5.41 Å². The number of pyridine rings is 1. The summed E-state index contributed by atoms with van der Waals surface area (Å²) in [4.78, 5) is 12.1. The summed E-state index contributed by atoms with van der Waals surface area (Å²) in [5.41, 5.74) is 12.1. The molecule has 0 bridgehead atoms. The summed E-state index contributed by atoms with van der Waals surface area (Å²) < 4.78 is 23.1. The molecule has 168 valence electrons. The van der Waals surface area contributed by atoms with Gasteiger partial charge < -0.3 is 25.0 Å². The van der Waals surface area contributed by atoms with Gasteiger partial charge in [0.15, 0.2) is 0 Å². The normalized spacial score (nSPS) is 14.6. The number of halogens is 1. The lowest BCUT2D eigenvalue weighted by molar-refractivity contribution is 0.0843. The van der Waals surface area contributed by atoms with Crippen LogP contribution in [0.2, 0.25) is 0 Å². The molecule has 1 aliphatic rings. The average Bonchev–Trinajstić information content (AvgIpc) is 3.15. The van der Waals surface area contributed by atoms with Crippen LogP contribution < -0.4 is 11.3 Å². The van der Waals surface area contributed by atoms with Crippen molar-refractivity contribution in [3.05, 3.63) is 82.2 Å². The summed E-state index contributed by atoms with van der Waals surface area (Å²) in [6, 6.07) is 13.7. The van der Waals surface area contributed by atoms with Gasteiger partial charge in [-0.1, -0.05) is 0 Å². The highest BCUT2D eigenvalue weighted by atomic mass is 19.1. The largest absolute Gasteiger partial charge is 0.398 e. The van der Waals surface area contributed by atoms with Crippen LogP contribution in [-0.4, -0.2) is 28.6 Å². The van der Waals surface area contributed by atoms with Gasteiger partial charge in [-0.15, -0.1) is 0 Å². The Morgan fingerprint density at radius 3 is 2.52 bits per heavy atom. The molecule has 0 aliphatic carbocycles. The Balaban J connectivity index is 1.93. The van der Waals surface area contributed by atoms with Gasteiger partial charge in [-0.3, -0.25) is 4.79 Å². The monoisotopic (exact) mass is 444 g/mol. The highest BCUT2D eigenvalue weighted by Crippen LogP contribution is 2.44. The maximum absolute atomic E-state index is 13.8. The van der Waals surface area contributed by atoms with Crippen molar-refractivity contribution in [2.45, 2.75) is 18.8 Å². The number of aromatic nitrogens is 2. The standard InChI is InChI=1S/C26H25FN4O2/c1-30-15-17(2-7-24(30)32)25-21-13-22(29)18(14-28)12-23(21)31(20-5-3-19(27)4-6-20)26(25)16-8-10-33-11-9-16/h2-7,12-16,28H,8-11,29H2,1H3. The van der Waals surface area contributed by atoms with Gasteiger partial charge >= 0.3 is 0 Å². The lowest BCUT2D eigenvalue weighted by Crippen LogP contribution is -2.18. The van der Waals surface area contributed by atoms with Crippen LogP contribution in [0.15, 0.2) is 59.5 Å². The molecule has 0 amide bonds. The summed E-state index contributed by atoms with van der Waals surface area (Å²) in [6.45, 7) is 1.33. The Hall–Kier alpha value is -3.71. The Labute approximate surface area is 190 Å². The topological polar surface area (TPSA) is 86.0 Å². The average molecular weight is 445 g/mol. The van der Waals surface area contributed by atoms with E-state index in [1.54, 1.807) is 29.8 Å². The minimum absolute atomic E-state index is 0.0840. The van der Waals surface area contributed by atoms with Crippen LogP contribution in [0.1, 0.15) is 30.0 Å². The van der Waals surface area contributed by atoms with Crippen molar-refractivity contribution in [2.75, 3.05) is 18.9 Å². The van der Waals surface area contributed by atoms with Gasteiger partial charge in [-0.25, -0.2) is 4.39 Å². The number of rotatable bonds is 4. The van der Waals surface area contributed by atoms with Crippen LogP contribution in [0.25, 0.3) is 27.7 Å². The molecule has 6 nitrogen and oxygen atoms in total. The molecule has 2 aromatic carbocycles. The van der Waals surface area contributed by atoms with E-state index in [1.165, 1.54) is 18.3 Å². The summed E-state index contributed by atoms with van der Waals surface area (Å²) in [7, 11) is 1.74. The first kappa shape index (κ1) is 21.2. The van der Waals surface area contributed by atoms with Crippen molar-refractivity contribution >= 4 is 22.8 Å². The molecule has 0 saturated carbocycles. The second kappa shape index (κ2) is 8.33. The lowest BCUT2D eigenvalue weighted by Gasteiger charge is -2.26. The number of nitrogens with zero attached hydrogens (tertiary/aromatic N) is 2. The van der Waals surface area contributed by atoms with Gasteiger partial charge in [0.2, 0.25) is 5.56 Å². The van der Waals surface area contributed by atoms with Crippen LogP contribution in [0.4, 0.5) is 10.1 Å². The number of benzene rings is 2. The van der Waals surface area contributed by atoms with E-state index in [9.17, 15) is 9.18 Å². The Morgan fingerprint density at radius 2 is 1.85 bits per heavy atom. The van der Waals surface area contributed by atoms with Gasteiger partial charge in [-0.05, 0) is 55.3 Å². The van der Waals surface area contributed by atoms with Crippen molar-refractivity contribution in [1.82, 2.24) is 9.13 Å². The molecule has 7 heteroatoms. The van der Waals surface area contributed by atoms with E-state index in [2.05, 4.69) is 4.57 Å². The summed E-state index contributed by atoms with van der Waals surface area (Å²) in [5, 5.41) is 8.75. The molecule has 2 aromatic heterocycles. The summed E-state index contributed by atoms with van der Waals surface area (Å²) >= 11 is 0. The molecule has 1 aliphatic heterocycles. The first-order chi connectivity index (χ1) is 16.0. The van der Waals surface area contributed by atoms with Crippen molar-refractivity contribution < 1.29 is 9.13 Å². The van der Waals surface area contributed by atoms with E-state index in [4.69, 9.17) is 15.9 Å². The molecule has 0 atom stereocenters. The van der Waals surface area contributed by atoms with E-state index in [1.807, 2.05) is 24.4 Å². The molecule has 1 fully saturated rings. The van der Waals surface area contributed by atoms with E-state index in [0.29, 0.717) is 24.5 Å². The minimum Gasteiger partial charge on any atom is -0.398 e. The number of nitrogens with one attached hydrogen (secondary N) is 1. The van der Waals surface area contributed by atoms with E-state index in [0.717, 1.165) is 46.3 Å². The molecule has 3 N–H and O–H groups in total. The van der Waals surface area contributed by atoms with E-state index < -0.39 is 0 Å². The third-order valence-corrected chi connectivity index (χ3v) is 6.43. The van der Waals surface area contributed by atoms with E-state index >= 15 is 0 Å². The third kappa shape index (κ3) is 3.64. The molecular formula is C26H25FN4O2. The molecule has 1 saturated heterocycles. The summed E-state index contributed by atoms with van der Waals surface area (Å²) in [5.74, 6) is -0.0985. The zero-order valence-corrected chi connectivity index (χ0v) is 18.3. The van der Waals surface area contributed by atoms with Crippen LogP contribution in [0, 0.1) is 11.2 Å². The molecule has 0 spiro atoms. The number of ether oxygens (including phenoxy) is 1. The van der Waals surface area contributed by atoms with Crippen molar-refractivity contribution in [2.24, 2.45) is 7.05 Å². The number of nitrogens with two attached hydrogens (primary N) is 1. The SMILES string of the molecule is Cn1cc(-c2c(C3CCOCC3)n(-c3ccc(F)cc3)c3cc(C=N)c(N)cc23)ccc1=O.